The fraction of sp³-hybridized carbons (Fsp3) is 0.407. The second kappa shape index (κ2) is 9.52. The van der Waals surface area contributed by atoms with Crippen LogP contribution in [-0.4, -0.2) is 53.5 Å². The summed E-state index contributed by atoms with van der Waals surface area (Å²) >= 11 is 0. The number of hydrogen-bond donors (Lipinski definition) is 1. The molecule has 0 aliphatic carbocycles. The molecule has 2 saturated heterocycles. The number of nitrogens with one attached hydrogen (secondary N) is 1. The topological polar surface area (TPSA) is 95.6 Å². The summed E-state index contributed by atoms with van der Waals surface area (Å²) in [6.07, 6.45) is 2.07. The molecule has 1 aromatic heterocycles. The minimum Gasteiger partial charge on any atom is -0.497 e. The highest BCUT2D eigenvalue weighted by Gasteiger charge is 2.36. The van der Waals surface area contributed by atoms with Crippen LogP contribution in [0, 0.1) is 25.2 Å². The van der Waals surface area contributed by atoms with Crippen molar-refractivity contribution in [1.82, 2.24) is 15.0 Å². The van der Waals surface area contributed by atoms with E-state index in [0.717, 1.165) is 42.9 Å². The van der Waals surface area contributed by atoms with Gasteiger partial charge in [0.1, 0.15) is 11.6 Å². The smallest absolute Gasteiger partial charge is 0.230 e. The first-order valence-corrected chi connectivity index (χ1v) is 12.1. The Labute approximate surface area is 205 Å². The number of carbonyl (C=O) groups excluding carboxylic acids is 1. The van der Waals surface area contributed by atoms with Gasteiger partial charge < -0.3 is 19.1 Å². The number of amides is 1. The van der Waals surface area contributed by atoms with Crippen LogP contribution in [0.1, 0.15) is 42.2 Å². The van der Waals surface area contributed by atoms with Crippen LogP contribution in [0.3, 0.4) is 0 Å². The van der Waals surface area contributed by atoms with Gasteiger partial charge in [0.25, 0.3) is 0 Å². The first-order chi connectivity index (χ1) is 16.9. The molecule has 35 heavy (non-hydrogen) atoms. The first kappa shape index (κ1) is 23.1. The normalized spacial score (nSPS) is 18.8. The number of benzene rings is 2. The predicted molar refractivity (Wildman–Crippen MR) is 134 cm³/mol. The molecule has 2 aliphatic rings. The Bertz CT molecular complexity index is 1230. The van der Waals surface area contributed by atoms with Gasteiger partial charge in [0, 0.05) is 49.1 Å². The number of anilines is 1. The van der Waals surface area contributed by atoms with Crippen LogP contribution in [0.25, 0.3) is 11.4 Å². The minimum atomic E-state index is -0.0780. The van der Waals surface area contributed by atoms with Crippen LogP contribution < -0.4 is 9.64 Å². The van der Waals surface area contributed by atoms with Crippen molar-refractivity contribution in [2.45, 2.75) is 39.0 Å². The molecule has 5 rings (SSSR count). The molecule has 1 amide bonds. The van der Waals surface area contributed by atoms with Crippen molar-refractivity contribution in [3.8, 4) is 17.1 Å². The number of amidine groups is 1. The van der Waals surface area contributed by atoms with E-state index in [4.69, 9.17) is 14.7 Å². The summed E-state index contributed by atoms with van der Waals surface area (Å²) in [6.45, 7) is 6.19. The lowest BCUT2D eigenvalue weighted by atomic mass is 9.95. The second-order valence-corrected chi connectivity index (χ2v) is 9.51. The average molecular weight is 474 g/mol. The van der Waals surface area contributed by atoms with Crippen LogP contribution in [0.5, 0.6) is 5.75 Å². The van der Waals surface area contributed by atoms with Crippen molar-refractivity contribution in [3.05, 3.63) is 59.5 Å². The molecule has 0 bridgehead atoms. The van der Waals surface area contributed by atoms with Gasteiger partial charge in [-0.05, 0) is 74.2 Å². The molecule has 2 fully saturated rings. The number of piperidine rings is 1. The molecule has 0 saturated carbocycles. The third-order valence-corrected chi connectivity index (χ3v) is 7.29. The van der Waals surface area contributed by atoms with Crippen LogP contribution in [-0.2, 0) is 4.79 Å². The zero-order chi connectivity index (χ0) is 24.5. The van der Waals surface area contributed by atoms with Crippen molar-refractivity contribution in [1.29, 1.82) is 5.41 Å². The van der Waals surface area contributed by atoms with E-state index < -0.39 is 0 Å². The minimum absolute atomic E-state index is 0.0780. The van der Waals surface area contributed by atoms with E-state index >= 15 is 0 Å². The number of ether oxygens (including phenoxy) is 1. The van der Waals surface area contributed by atoms with Gasteiger partial charge in [-0.2, -0.15) is 4.98 Å². The Morgan fingerprint density at radius 2 is 1.83 bits per heavy atom. The monoisotopic (exact) mass is 473 g/mol. The molecule has 2 aromatic carbocycles. The maximum atomic E-state index is 12.7. The number of likely N-dealkylation sites (tertiary alicyclic amines) is 1. The van der Waals surface area contributed by atoms with Gasteiger partial charge in [-0.3, -0.25) is 10.2 Å². The van der Waals surface area contributed by atoms with Gasteiger partial charge in [-0.1, -0.05) is 11.2 Å². The van der Waals surface area contributed by atoms with E-state index in [9.17, 15) is 4.79 Å². The van der Waals surface area contributed by atoms with Crippen LogP contribution in [0.2, 0.25) is 0 Å². The molecule has 0 radical (unpaired) electrons. The highest BCUT2D eigenvalue weighted by molar-refractivity contribution is 6.01. The number of rotatable bonds is 5. The van der Waals surface area contributed by atoms with Gasteiger partial charge >= 0.3 is 0 Å². The zero-order valence-electron chi connectivity index (χ0n) is 20.5. The highest BCUT2D eigenvalue weighted by atomic mass is 16.5. The number of nitrogens with zero attached hydrogens (tertiary/aromatic N) is 4. The molecular formula is C27H31N5O3. The maximum Gasteiger partial charge on any atom is 0.230 e. The van der Waals surface area contributed by atoms with Gasteiger partial charge in [0.2, 0.25) is 17.6 Å². The molecule has 1 N–H and O–H groups in total. The Morgan fingerprint density at radius 1 is 1.09 bits per heavy atom. The van der Waals surface area contributed by atoms with E-state index in [1.54, 1.807) is 7.11 Å². The second-order valence-electron chi connectivity index (χ2n) is 9.51. The van der Waals surface area contributed by atoms with E-state index in [0.29, 0.717) is 30.5 Å². The Morgan fingerprint density at radius 3 is 2.51 bits per heavy atom. The Hall–Kier alpha value is -3.68. The van der Waals surface area contributed by atoms with Crippen LogP contribution >= 0.6 is 0 Å². The van der Waals surface area contributed by atoms with Gasteiger partial charge in [-0.15, -0.1) is 0 Å². The summed E-state index contributed by atoms with van der Waals surface area (Å²) < 4.78 is 10.8. The lowest BCUT2D eigenvalue weighted by Gasteiger charge is -2.34. The van der Waals surface area contributed by atoms with E-state index in [2.05, 4.69) is 41.0 Å². The molecule has 3 heterocycles. The number of hydrogen-bond acceptors (Lipinski definition) is 6. The van der Waals surface area contributed by atoms with Crippen LogP contribution in [0.15, 0.2) is 47.0 Å². The average Bonchev–Trinajstić information content (AvgIpc) is 3.53. The number of carbonyl (C=O) groups is 1. The Kier molecular flexibility index (Phi) is 6.28. The first-order valence-electron chi connectivity index (χ1n) is 12.1. The zero-order valence-corrected chi connectivity index (χ0v) is 20.5. The highest BCUT2D eigenvalue weighted by Crippen LogP contribution is 2.32. The summed E-state index contributed by atoms with van der Waals surface area (Å²) in [5, 5.41) is 13.0. The van der Waals surface area contributed by atoms with Gasteiger partial charge in [-0.25, -0.2) is 0 Å². The lowest BCUT2D eigenvalue weighted by molar-refractivity contribution is -0.117. The molecule has 2 aliphatic heterocycles. The van der Waals surface area contributed by atoms with Crippen molar-refractivity contribution >= 4 is 17.4 Å². The summed E-state index contributed by atoms with van der Waals surface area (Å²) in [6, 6.07) is 13.7. The number of methoxy groups -OCH3 is 1. The standard InChI is InChI=1S/C27H31N5O3/c1-17-4-7-22(14-18(17)2)32-16-21(15-24(32)33)25(28)31-12-10-20(11-13-31)27-29-26(30-35-27)19-5-8-23(34-3)9-6-19/h4-9,14,20-21,28H,10-13,15-16H2,1-3H3. The Balaban J connectivity index is 1.18. The van der Waals surface area contributed by atoms with E-state index in [1.165, 1.54) is 11.1 Å². The molecule has 1 atom stereocenters. The van der Waals surface area contributed by atoms with E-state index in [1.807, 2.05) is 35.2 Å². The maximum absolute atomic E-state index is 12.7. The molecule has 3 aromatic rings. The fourth-order valence-corrected chi connectivity index (χ4v) is 4.92. The third-order valence-electron chi connectivity index (χ3n) is 7.29. The quantitative estimate of drug-likeness (QED) is 0.431. The summed E-state index contributed by atoms with van der Waals surface area (Å²) in [5.74, 6) is 2.77. The SMILES string of the molecule is COc1ccc(-c2noc(C3CCN(C(=N)C4CC(=O)N(c5ccc(C)c(C)c5)C4)CC3)n2)cc1. The molecule has 8 heteroatoms. The van der Waals surface area contributed by atoms with Crippen molar-refractivity contribution in [2.24, 2.45) is 5.92 Å². The van der Waals surface area contributed by atoms with Crippen molar-refractivity contribution < 1.29 is 14.1 Å². The van der Waals surface area contributed by atoms with Gasteiger partial charge in [0.05, 0.1) is 7.11 Å². The van der Waals surface area contributed by atoms with Gasteiger partial charge in [0.15, 0.2) is 0 Å². The predicted octanol–water partition coefficient (Wildman–Crippen LogP) is 4.57. The third kappa shape index (κ3) is 4.65. The number of aromatic nitrogens is 2. The molecule has 1 unspecified atom stereocenters. The van der Waals surface area contributed by atoms with E-state index in [-0.39, 0.29) is 17.7 Å². The summed E-state index contributed by atoms with van der Waals surface area (Å²) in [7, 11) is 1.64. The lowest BCUT2D eigenvalue weighted by Crippen LogP contribution is -2.41. The number of aryl methyl sites for hydroxylation is 2. The summed E-state index contributed by atoms with van der Waals surface area (Å²) in [5.41, 5.74) is 4.20. The molecular weight excluding hydrogens is 442 g/mol. The van der Waals surface area contributed by atoms with Crippen molar-refractivity contribution in [3.63, 3.8) is 0 Å². The largest absolute Gasteiger partial charge is 0.497 e. The van der Waals surface area contributed by atoms with Crippen LogP contribution in [0.4, 0.5) is 5.69 Å². The molecule has 182 valence electrons. The molecule has 0 spiro atoms. The fourth-order valence-electron chi connectivity index (χ4n) is 4.92. The van der Waals surface area contributed by atoms with Crippen molar-refractivity contribution in [2.75, 3.05) is 31.6 Å². The molecule has 8 nitrogen and oxygen atoms in total. The summed E-state index contributed by atoms with van der Waals surface area (Å²) in [4.78, 5) is 21.3.